The lowest BCUT2D eigenvalue weighted by Crippen LogP contribution is -2.46. The summed E-state index contributed by atoms with van der Waals surface area (Å²) in [5.74, 6) is 0.734. The predicted molar refractivity (Wildman–Crippen MR) is 163 cm³/mol. The highest BCUT2D eigenvalue weighted by atomic mass is 32.5. The summed E-state index contributed by atoms with van der Waals surface area (Å²) >= 11 is 5.37. The molecule has 0 amide bonds. The summed E-state index contributed by atoms with van der Waals surface area (Å²) in [7, 11) is 0. The normalized spacial score (nSPS) is 26.5. The van der Waals surface area contributed by atoms with Crippen LogP contribution in [-0.2, 0) is 25.8 Å². The van der Waals surface area contributed by atoms with Crippen LogP contribution in [0.3, 0.4) is 0 Å². The molecule has 0 radical (unpaired) electrons. The Morgan fingerprint density at radius 2 is 1.88 bits per heavy atom. The van der Waals surface area contributed by atoms with Crippen molar-refractivity contribution in [3.05, 3.63) is 87.2 Å². The van der Waals surface area contributed by atoms with Gasteiger partial charge >= 0.3 is 11.6 Å². The molecular weight excluding hydrogens is 597 g/mol. The maximum atomic E-state index is 12.3. The molecule has 1 saturated heterocycles. The van der Waals surface area contributed by atoms with Crippen molar-refractivity contribution in [1.29, 1.82) is 0 Å². The second-order valence-electron chi connectivity index (χ2n) is 11.0. The summed E-state index contributed by atoms with van der Waals surface area (Å²) < 4.78 is 24.9. The zero-order valence-electron chi connectivity index (χ0n) is 23.8. The molecule has 2 heterocycles. The third-order valence-electron chi connectivity index (χ3n) is 7.67. The van der Waals surface area contributed by atoms with E-state index in [9.17, 15) is 24.7 Å². The lowest BCUT2D eigenvalue weighted by molar-refractivity contribution is -0.0984. The van der Waals surface area contributed by atoms with Crippen molar-refractivity contribution in [2.75, 3.05) is 6.61 Å². The standard InChI is InChI=1S/C29H36N3O9PS/c1-18(26(39-20-11-4-3-5-12-20)40-22-14-8-10-19-9-6-7-13-21(19)22)31-42(37,43)38-17-23-25(34)29(2,36)27(41-23)32-16-15-24(33)30-28(32)35/h6-10,13-16,20,23,25,27,34,36H,3-5,11-12,17H2,1-2H3,(H,30,33,35)(H2,31,37,43)/t23-,25-,27-,29-,42?/m1/s1. The molecule has 14 heteroatoms. The molecule has 12 nitrogen and oxygen atoms in total. The van der Waals surface area contributed by atoms with Crippen LogP contribution in [0.4, 0.5) is 0 Å². The molecular formula is C29H36N3O9PS. The number of H-pyrrole nitrogens is 1. The average Bonchev–Trinajstić information content (AvgIpc) is 3.20. The average molecular weight is 634 g/mol. The van der Waals surface area contributed by atoms with E-state index in [-0.39, 0.29) is 12.0 Å². The number of aliphatic hydroxyl groups excluding tert-OH is 1. The van der Waals surface area contributed by atoms with Crippen LogP contribution in [0, 0.1) is 0 Å². The molecule has 5 rings (SSSR count). The highest BCUT2D eigenvalue weighted by molar-refractivity contribution is 8.08. The topological polar surface area (TPSA) is 164 Å². The zero-order valence-corrected chi connectivity index (χ0v) is 25.6. The van der Waals surface area contributed by atoms with Gasteiger partial charge in [-0.15, -0.1) is 0 Å². The molecule has 0 spiro atoms. The molecule has 1 unspecified atom stereocenters. The van der Waals surface area contributed by atoms with Gasteiger partial charge in [0.05, 0.1) is 12.3 Å². The van der Waals surface area contributed by atoms with Gasteiger partial charge in [-0.2, -0.15) is 0 Å². The quantitative estimate of drug-likeness (QED) is 0.165. The van der Waals surface area contributed by atoms with Crippen LogP contribution in [-0.4, -0.2) is 55.2 Å². The van der Waals surface area contributed by atoms with Gasteiger partial charge in [0.1, 0.15) is 29.7 Å². The number of benzene rings is 2. The zero-order chi connectivity index (χ0) is 30.8. The smallest absolute Gasteiger partial charge is 0.330 e. The molecule has 5 atom stereocenters. The van der Waals surface area contributed by atoms with Crippen LogP contribution in [0.15, 0.2) is 76.0 Å². The van der Waals surface area contributed by atoms with Crippen LogP contribution >= 0.6 is 6.64 Å². The van der Waals surface area contributed by atoms with E-state index >= 15 is 0 Å². The SMILES string of the molecule is CC(NP(O)(=S)OC[C@H]1O[C@@H](n2ccc(=O)[nH]c2=O)[C@](C)(O)[C@@H]1O)=C(Oc1cccc2ccccc12)OC1CCCCC1. The van der Waals surface area contributed by atoms with Crippen molar-refractivity contribution in [2.24, 2.45) is 0 Å². The van der Waals surface area contributed by atoms with Gasteiger partial charge in [-0.05, 0) is 62.8 Å². The largest absolute Gasteiger partial charge is 0.461 e. The number of aliphatic hydroxyl groups is 2. The molecule has 1 aromatic heterocycles. The number of hydrogen-bond donors (Lipinski definition) is 5. The summed E-state index contributed by atoms with van der Waals surface area (Å²) in [4.78, 5) is 36.9. The minimum atomic E-state index is -3.76. The third-order valence-corrected chi connectivity index (χ3v) is 9.37. The van der Waals surface area contributed by atoms with Crippen molar-refractivity contribution in [2.45, 2.75) is 76.1 Å². The summed E-state index contributed by atoms with van der Waals surface area (Å²) in [6.45, 7) is -1.22. The first-order valence-corrected chi connectivity index (χ1v) is 16.8. The van der Waals surface area contributed by atoms with E-state index in [2.05, 4.69) is 10.1 Å². The number of allylic oxidation sites excluding steroid dienone is 1. The highest BCUT2D eigenvalue weighted by Gasteiger charge is 2.53. The number of nitrogens with one attached hydrogen (secondary N) is 2. The van der Waals surface area contributed by atoms with E-state index in [1.54, 1.807) is 6.92 Å². The summed E-state index contributed by atoms with van der Waals surface area (Å²) in [5, 5.41) is 26.4. The van der Waals surface area contributed by atoms with E-state index < -0.39 is 48.5 Å². The predicted octanol–water partition coefficient (Wildman–Crippen LogP) is 3.14. The van der Waals surface area contributed by atoms with Gasteiger partial charge in [0.15, 0.2) is 6.23 Å². The van der Waals surface area contributed by atoms with Crippen molar-refractivity contribution >= 4 is 29.2 Å². The Hall–Kier alpha value is -3.03. The van der Waals surface area contributed by atoms with E-state index in [0.29, 0.717) is 11.4 Å². The van der Waals surface area contributed by atoms with E-state index in [1.807, 2.05) is 42.5 Å². The molecule has 5 N–H and O–H groups in total. The van der Waals surface area contributed by atoms with Gasteiger partial charge in [-0.25, -0.2) is 4.79 Å². The number of hydrogen-bond acceptors (Lipinski definition) is 9. The van der Waals surface area contributed by atoms with Crippen LogP contribution < -0.4 is 21.1 Å². The third kappa shape index (κ3) is 7.21. The Morgan fingerprint density at radius 3 is 2.63 bits per heavy atom. The second kappa shape index (κ2) is 12.9. The van der Waals surface area contributed by atoms with Gasteiger partial charge < -0.3 is 38.9 Å². The molecule has 43 heavy (non-hydrogen) atoms. The Labute approximate surface area is 253 Å². The van der Waals surface area contributed by atoms with Crippen molar-refractivity contribution in [3.8, 4) is 5.75 Å². The van der Waals surface area contributed by atoms with Gasteiger partial charge in [0, 0.05) is 17.6 Å². The van der Waals surface area contributed by atoms with Gasteiger partial charge in [-0.3, -0.25) is 14.3 Å². The lowest BCUT2D eigenvalue weighted by atomic mass is 9.96. The molecule has 232 valence electrons. The number of ether oxygens (including phenoxy) is 3. The maximum absolute atomic E-state index is 12.3. The number of nitrogens with zero attached hydrogens (tertiary/aromatic N) is 1. The van der Waals surface area contributed by atoms with Crippen molar-refractivity contribution < 1.29 is 33.8 Å². The van der Waals surface area contributed by atoms with E-state index in [0.717, 1.165) is 59.7 Å². The second-order valence-corrected chi connectivity index (χ2v) is 14.0. The number of rotatable bonds is 10. The number of aromatic nitrogens is 2. The molecule has 1 saturated carbocycles. The fourth-order valence-electron chi connectivity index (χ4n) is 5.36. The summed E-state index contributed by atoms with van der Waals surface area (Å²) in [6.07, 6.45) is 2.05. The summed E-state index contributed by atoms with van der Waals surface area (Å²) in [6, 6.07) is 14.6. The Balaban J connectivity index is 1.33. The molecule has 2 aliphatic rings. The van der Waals surface area contributed by atoms with Gasteiger partial charge in [-0.1, -0.05) is 42.8 Å². The van der Waals surface area contributed by atoms with E-state index in [4.69, 9.17) is 30.5 Å². The van der Waals surface area contributed by atoms with Gasteiger partial charge in [0.2, 0.25) is 0 Å². The molecule has 0 bridgehead atoms. The minimum absolute atomic E-state index is 0.0644. The first-order valence-electron chi connectivity index (χ1n) is 14.1. The fourth-order valence-corrected chi connectivity index (χ4v) is 6.88. The number of aromatic amines is 1. The Kier molecular flexibility index (Phi) is 9.43. The van der Waals surface area contributed by atoms with Crippen LogP contribution in [0.5, 0.6) is 5.75 Å². The first kappa shape index (κ1) is 31.4. The number of fused-ring (bicyclic) bond motifs is 1. The lowest BCUT2D eigenvalue weighted by Gasteiger charge is -2.27. The van der Waals surface area contributed by atoms with Crippen LogP contribution in [0.1, 0.15) is 52.2 Å². The Morgan fingerprint density at radius 1 is 1.16 bits per heavy atom. The van der Waals surface area contributed by atoms with E-state index in [1.165, 1.54) is 6.92 Å². The molecule has 1 aliphatic carbocycles. The molecule has 3 aromatic rings. The minimum Gasteiger partial charge on any atom is -0.461 e. The summed E-state index contributed by atoms with van der Waals surface area (Å²) in [5.41, 5.74) is -3.05. The molecule has 2 aromatic carbocycles. The van der Waals surface area contributed by atoms with Crippen LogP contribution in [0.25, 0.3) is 10.8 Å². The fraction of sp³-hybridized carbons (Fsp3) is 0.448. The van der Waals surface area contributed by atoms with Crippen LogP contribution in [0.2, 0.25) is 0 Å². The van der Waals surface area contributed by atoms with Crippen molar-refractivity contribution in [1.82, 2.24) is 14.6 Å². The monoisotopic (exact) mass is 633 g/mol. The highest BCUT2D eigenvalue weighted by Crippen LogP contribution is 2.43. The van der Waals surface area contributed by atoms with Gasteiger partial charge in [0.25, 0.3) is 12.2 Å². The first-order chi connectivity index (χ1) is 20.4. The Bertz CT molecular complexity index is 1640. The van der Waals surface area contributed by atoms with Crippen molar-refractivity contribution in [3.63, 3.8) is 0 Å². The molecule has 1 aliphatic heterocycles. The molecule has 2 fully saturated rings. The maximum Gasteiger partial charge on any atom is 0.330 e.